The first-order chi connectivity index (χ1) is 18.8. The summed E-state index contributed by atoms with van der Waals surface area (Å²) in [6.45, 7) is 1.62. The Labute approximate surface area is 227 Å². The van der Waals surface area contributed by atoms with Gasteiger partial charge in [-0.1, -0.05) is 30.9 Å². The number of amides is 2. The smallest absolute Gasteiger partial charge is 0.233 e. The Morgan fingerprint density at radius 3 is 2.38 bits per heavy atom. The number of ketones is 2. The van der Waals surface area contributed by atoms with Crippen LogP contribution in [0.5, 0.6) is 17.2 Å². The maximum absolute atomic E-state index is 14.0. The molecule has 39 heavy (non-hydrogen) atoms. The molecule has 1 aromatic rings. The zero-order valence-corrected chi connectivity index (χ0v) is 22.5. The van der Waals surface area contributed by atoms with Gasteiger partial charge in [-0.25, -0.2) is 0 Å². The molecule has 0 spiro atoms. The third kappa shape index (κ3) is 3.79. The average Bonchev–Trinajstić information content (AvgIpc) is 3.20. The van der Waals surface area contributed by atoms with Gasteiger partial charge in [0.05, 0.1) is 26.1 Å². The van der Waals surface area contributed by atoms with Gasteiger partial charge in [-0.2, -0.15) is 0 Å². The third-order valence-electron chi connectivity index (χ3n) is 9.37. The minimum atomic E-state index is -0.784. The molecule has 4 aliphatic carbocycles. The van der Waals surface area contributed by atoms with Crippen molar-refractivity contribution in [3.63, 3.8) is 0 Å². The number of ether oxygens (including phenoxy) is 2. The molecular formula is C31H33NO7. The molecule has 0 bridgehead atoms. The van der Waals surface area contributed by atoms with Gasteiger partial charge in [-0.3, -0.25) is 24.1 Å². The summed E-state index contributed by atoms with van der Waals surface area (Å²) >= 11 is 0. The number of nitrogens with zero attached hydrogens (tertiary/aromatic N) is 1. The van der Waals surface area contributed by atoms with Crippen molar-refractivity contribution in [2.24, 2.45) is 17.8 Å². The maximum atomic E-state index is 14.0. The molecule has 1 saturated carbocycles. The van der Waals surface area contributed by atoms with Crippen molar-refractivity contribution in [3.8, 4) is 17.2 Å². The first kappa shape index (κ1) is 25.6. The fourth-order valence-electron chi connectivity index (χ4n) is 7.60. The van der Waals surface area contributed by atoms with Gasteiger partial charge in [0.25, 0.3) is 0 Å². The van der Waals surface area contributed by atoms with Crippen LogP contribution in [0.4, 0.5) is 0 Å². The largest absolute Gasteiger partial charge is 0.507 e. The quantitative estimate of drug-likeness (QED) is 0.353. The van der Waals surface area contributed by atoms with E-state index in [1.54, 1.807) is 13.0 Å². The van der Waals surface area contributed by atoms with Crippen LogP contribution < -0.4 is 9.47 Å². The predicted molar refractivity (Wildman–Crippen MR) is 141 cm³/mol. The summed E-state index contributed by atoms with van der Waals surface area (Å²) in [5.41, 5.74) is 2.17. The zero-order chi connectivity index (χ0) is 27.6. The van der Waals surface area contributed by atoms with E-state index in [-0.39, 0.29) is 41.6 Å². The number of hydrogen-bond donors (Lipinski definition) is 1. The summed E-state index contributed by atoms with van der Waals surface area (Å²) < 4.78 is 11.0. The lowest BCUT2D eigenvalue weighted by Gasteiger charge is -2.42. The van der Waals surface area contributed by atoms with E-state index in [0.717, 1.165) is 37.7 Å². The fourth-order valence-corrected chi connectivity index (χ4v) is 7.60. The lowest BCUT2D eigenvalue weighted by molar-refractivity contribution is -0.143. The van der Waals surface area contributed by atoms with Gasteiger partial charge in [-0.05, 0) is 44.6 Å². The first-order valence-corrected chi connectivity index (χ1v) is 13.8. The number of likely N-dealkylation sites (tertiary alicyclic amines) is 1. The molecule has 4 atom stereocenters. The van der Waals surface area contributed by atoms with E-state index >= 15 is 0 Å². The average molecular weight is 532 g/mol. The fraction of sp³-hybridized carbons (Fsp3) is 0.484. The molecule has 1 N–H and O–H groups in total. The van der Waals surface area contributed by atoms with Crippen LogP contribution in [0.3, 0.4) is 0 Å². The predicted octanol–water partition coefficient (Wildman–Crippen LogP) is 4.17. The van der Waals surface area contributed by atoms with Gasteiger partial charge >= 0.3 is 0 Å². The SMILES string of the molecule is COc1cc(O)c([C@H]2C3=CC[C@@H]4C(=O)N(C5CCCCC5)C(=O)[C@@H]4[C@@H]3CC3=C2C(=O)C=C(C)C3=O)c(OC)c1. The molecule has 0 unspecified atom stereocenters. The summed E-state index contributed by atoms with van der Waals surface area (Å²) in [6.07, 6.45) is 8.67. The first-order valence-electron chi connectivity index (χ1n) is 13.8. The van der Waals surface area contributed by atoms with E-state index < -0.39 is 23.7 Å². The van der Waals surface area contributed by atoms with Crippen molar-refractivity contribution in [3.05, 3.63) is 52.1 Å². The minimum Gasteiger partial charge on any atom is -0.507 e. The Kier molecular flexibility index (Phi) is 6.24. The Balaban J connectivity index is 1.51. The summed E-state index contributed by atoms with van der Waals surface area (Å²) in [7, 11) is 2.95. The van der Waals surface area contributed by atoms with Crippen LogP contribution >= 0.6 is 0 Å². The number of rotatable bonds is 4. The molecule has 2 fully saturated rings. The number of phenols is 1. The molecule has 6 rings (SSSR count). The summed E-state index contributed by atoms with van der Waals surface area (Å²) in [5, 5.41) is 11.2. The minimum absolute atomic E-state index is 0.0734. The Hall–Kier alpha value is -3.68. The second kappa shape index (κ2) is 9.50. The van der Waals surface area contributed by atoms with E-state index in [1.165, 1.54) is 31.3 Å². The molecule has 0 aromatic heterocycles. The number of fused-ring (bicyclic) bond motifs is 3. The maximum Gasteiger partial charge on any atom is 0.233 e. The molecule has 1 aliphatic heterocycles. The lowest BCUT2D eigenvalue weighted by Crippen LogP contribution is -2.43. The molecule has 8 heteroatoms. The number of phenolic OH excluding ortho intramolecular Hbond substituents is 1. The monoisotopic (exact) mass is 531 g/mol. The van der Waals surface area contributed by atoms with Crippen LogP contribution in [0.2, 0.25) is 0 Å². The van der Waals surface area contributed by atoms with Crippen molar-refractivity contribution < 1.29 is 33.8 Å². The topological polar surface area (TPSA) is 110 Å². The van der Waals surface area contributed by atoms with Crippen molar-refractivity contribution >= 4 is 23.4 Å². The number of benzene rings is 1. The Morgan fingerprint density at radius 2 is 1.69 bits per heavy atom. The number of imide groups is 1. The molecule has 1 aromatic carbocycles. The number of carbonyl (C=O) groups excluding carboxylic acids is 4. The highest BCUT2D eigenvalue weighted by Crippen LogP contribution is 2.58. The van der Waals surface area contributed by atoms with Crippen LogP contribution in [0.15, 0.2) is 46.6 Å². The van der Waals surface area contributed by atoms with E-state index in [9.17, 15) is 24.3 Å². The van der Waals surface area contributed by atoms with E-state index in [1.807, 2.05) is 6.08 Å². The Morgan fingerprint density at radius 1 is 0.949 bits per heavy atom. The van der Waals surface area contributed by atoms with E-state index in [2.05, 4.69) is 0 Å². The van der Waals surface area contributed by atoms with Crippen LogP contribution in [0, 0.1) is 17.8 Å². The Bertz CT molecular complexity index is 1390. The summed E-state index contributed by atoms with van der Waals surface area (Å²) in [6, 6.07) is 3.02. The summed E-state index contributed by atoms with van der Waals surface area (Å²) in [4.78, 5) is 56.1. The highest BCUT2D eigenvalue weighted by molar-refractivity contribution is 6.23. The highest BCUT2D eigenvalue weighted by atomic mass is 16.5. The van der Waals surface area contributed by atoms with E-state index in [0.29, 0.717) is 40.2 Å². The van der Waals surface area contributed by atoms with Crippen LogP contribution in [-0.4, -0.2) is 53.6 Å². The van der Waals surface area contributed by atoms with Crippen LogP contribution in [0.25, 0.3) is 0 Å². The molecule has 204 valence electrons. The molecule has 0 radical (unpaired) electrons. The van der Waals surface area contributed by atoms with Crippen molar-refractivity contribution in [2.45, 2.75) is 63.8 Å². The van der Waals surface area contributed by atoms with Crippen molar-refractivity contribution in [2.75, 3.05) is 14.2 Å². The molecule has 2 amide bonds. The van der Waals surface area contributed by atoms with Crippen LogP contribution in [0.1, 0.15) is 63.4 Å². The van der Waals surface area contributed by atoms with Gasteiger partial charge in [-0.15, -0.1) is 0 Å². The molecule has 1 saturated heterocycles. The van der Waals surface area contributed by atoms with Gasteiger partial charge in [0.2, 0.25) is 11.8 Å². The number of methoxy groups -OCH3 is 2. The standard InChI is InChI=1S/C31H33NO7/c1-15-11-22(33)26-21(29(15)35)14-20-18(27(26)28-23(34)12-17(38-2)13-24(28)39-3)9-10-19-25(20)31(37)32(30(19)36)16-7-5-4-6-8-16/h9,11-13,16,19-20,25,27,34H,4-8,10,14H2,1-3H3/t19-,20+,25-,27-/m0/s1. The number of aromatic hydroxyl groups is 1. The van der Waals surface area contributed by atoms with Gasteiger partial charge in [0.15, 0.2) is 11.6 Å². The highest BCUT2D eigenvalue weighted by Gasteiger charge is 2.57. The molecule has 8 nitrogen and oxygen atoms in total. The van der Waals surface area contributed by atoms with Crippen molar-refractivity contribution in [1.29, 1.82) is 0 Å². The lowest BCUT2D eigenvalue weighted by atomic mass is 9.59. The van der Waals surface area contributed by atoms with Crippen LogP contribution in [-0.2, 0) is 19.2 Å². The summed E-state index contributed by atoms with van der Waals surface area (Å²) in [5.74, 6) is -2.53. The number of carbonyl (C=O) groups is 4. The van der Waals surface area contributed by atoms with Gasteiger partial charge in [0, 0.05) is 46.4 Å². The second-order valence-electron chi connectivity index (χ2n) is 11.3. The van der Waals surface area contributed by atoms with Gasteiger partial charge < -0.3 is 14.6 Å². The molecule has 1 heterocycles. The molecular weight excluding hydrogens is 498 g/mol. The van der Waals surface area contributed by atoms with Crippen molar-refractivity contribution in [1.82, 2.24) is 4.90 Å². The van der Waals surface area contributed by atoms with Gasteiger partial charge in [0.1, 0.15) is 17.2 Å². The number of hydrogen-bond acceptors (Lipinski definition) is 7. The normalized spacial score (nSPS) is 29.1. The zero-order valence-electron chi connectivity index (χ0n) is 22.5. The second-order valence-corrected chi connectivity index (χ2v) is 11.3. The third-order valence-corrected chi connectivity index (χ3v) is 9.37. The molecule has 5 aliphatic rings. The number of Topliss-reactive ketones (excluding diaryl/α,β-unsaturated/α-hetero) is 1. The number of allylic oxidation sites excluding steroid dienone is 6. The van der Waals surface area contributed by atoms with E-state index in [4.69, 9.17) is 9.47 Å².